The Hall–Kier alpha value is -2.90. The first-order chi connectivity index (χ1) is 18.5. The summed E-state index contributed by atoms with van der Waals surface area (Å²) in [7, 11) is 0. The number of nitrogens with one attached hydrogen (secondary N) is 2. The fraction of sp³-hybridized carbons (Fsp3) is 0.667. The standard InChI is InChI=1S/C27H41F3N4O6/c1-19(34(38)18-35)26(5,16-20-6-8-21(9-7-20)40-27(28,29)30)24(37)32-22(17-25(2,3)4)23(36)31-10-11-33-12-14-39-15-13-33/h6-9,18-19,22,38H,10-17H2,1-5H3,(H,31,36)(H,32,37)/t19-,22-,26?/m0/s1. The molecule has 0 saturated carbocycles. The summed E-state index contributed by atoms with van der Waals surface area (Å²) in [6.07, 6.45) is -4.43. The number of hydrogen-bond acceptors (Lipinski definition) is 7. The number of carbonyl (C=O) groups is 3. The maximum absolute atomic E-state index is 13.8. The summed E-state index contributed by atoms with van der Waals surface area (Å²) >= 11 is 0. The minimum absolute atomic E-state index is 0.0575. The van der Waals surface area contributed by atoms with Crippen molar-refractivity contribution in [2.75, 3.05) is 39.4 Å². The van der Waals surface area contributed by atoms with Gasteiger partial charge in [0.2, 0.25) is 18.2 Å². The SMILES string of the molecule is C[C@H](N(O)C=O)C(C)(Cc1ccc(OC(F)(F)F)cc1)C(=O)N[C@@H](CC(C)(C)C)C(=O)NCCN1CCOCC1. The molecule has 1 aromatic rings. The fourth-order valence-corrected chi connectivity index (χ4v) is 4.46. The number of carbonyl (C=O) groups excluding carboxylic acids is 3. The first-order valence-corrected chi connectivity index (χ1v) is 13.2. The molecule has 1 unspecified atom stereocenters. The lowest BCUT2D eigenvalue weighted by atomic mass is 9.76. The molecule has 3 N–H and O–H groups in total. The van der Waals surface area contributed by atoms with Crippen molar-refractivity contribution in [3.05, 3.63) is 29.8 Å². The Morgan fingerprint density at radius 1 is 1.15 bits per heavy atom. The lowest BCUT2D eigenvalue weighted by molar-refractivity contribution is -0.274. The van der Waals surface area contributed by atoms with Crippen molar-refractivity contribution in [3.8, 4) is 5.75 Å². The van der Waals surface area contributed by atoms with Crippen LogP contribution in [-0.2, 0) is 25.5 Å². The van der Waals surface area contributed by atoms with Crippen molar-refractivity contribution < 1.29 is 42.2 Å². The van der Waals surface area contributed by atoms with Gasteiger partial charge in [0.1, 0.15) is 11.8 Å². The number of alkyl halides is 3. The van der Waals surface area contributed by atoms with Gasteiger partial charge >= 0.3 is 6.36 Å². The molecule has 40 heavy (non-hydrogen) atoms. The number of amides is 3. The monoisotopic (exact) mass is 574 g/mol. The predicted molar refractivity (Wildman–Crippen MR) is 140 cm³/mol. The molecule has 1 saturated heterocycles. The highest BCUT2D eigenvalue weighted by Crippen LogP contribution is 2.32. The minimum atomic E-state index is -4.85. The maximum Gasteiger partial charge on any atom is 0.573 e. The van der Waals surface area contributed by atoms with Gasteiger partial charge in [-0.05, 0) is 49.8 Å². The van der Waals surface area contributed by atoms with Crippen LogP contribution in [0.4, 0.5) is 13.2 Å². The molecule has 3 atom stereocenters. The van der Waals surface area contributed by atoms with Crippen molar-refractivity contribution in [1.29, 1.82) is 0 Å². The number of benzene rings is 1. The van der Waals surface area contributed by atoms with Crippen molar-refractivity contribution in [3.63, 3.8) is 0 Å². The fourth-order valence-electron chi connectivity index (χ4n) is 4.46. The second-order valence-electron chi connectivity index (χ2n) is 11.5. The molecular weight excluding hydrogens is 533 g/mol. The zero-order chi connectivity index (χ0) is 30.1. The van der Waals surface area contributed by atoms with E-state index in [0.717, 1.165) is 25.2 Å². The molecule has 10 nitrogen and oxygen atoms in total. The summed E-state index contributed by atoms with van der Waals surface area (Å²) in [5.74, 6) is -1.39. The van der Waals surface area contributed by atoms with E-state index in [2.05, 4.69) is 20.3 Å². The van der Waals surface area contributed by atoms with Gasteiger partial charge < -0.3 is 20.1 Å². The third-order valence-corrected chi connectivity index (χ3v) is 6.94. The van der Waals surface area contributed by atoms with Crippen molar-refractivity contribution in [2.24, 2.45) is 10.8 Å². The lowest BCUT2D eigenvalue weighted by Gasteiger charge is -2.38. The molecule has 226 valence electrons. The Morgan fingerprint density at radius 3 is 2.27 bits per heavy atom. The highest BCUT2D eigenvalue weighted by molar-refractivity contribution is 5.90. The molecule has 0 radical (unpaired) electrons. The Morgan fingerprint density at radius 2 is 1.75 bits per heavy atom. The van der Waals surface area contributed by atoms with Crippen LogP contribution >= 0.6 is 0 Å². The molecule has 0 aromatic heterocycles. The van der Waals surface area contributed by atoms with E-state index in [1.54, 1.807) is 0 Å². The summed E-state index contributed by atoms with van der Waals surface area (Å²) in [5.41, 5.74) is -1.34. The maximum atomic E-state index is 13.8. The second kappa shape index (κ2) is 14.1. The number of halogens is 3. The molecule has 0 spiro atoms. The molecule has 1 heterocycles. The Labute approximate surface area is 233 Å². The first kappa shape index (κ1) is 33.3. The predicted octanol–water partition coefficient (Wildman–Crippen LogP) is 2.74. The average Bonchev–Trinajstić information content (AvgIpc) is 2.87. The summed E-state index contributed by atoms with van der Waals surface area (Å²) in [6.45, 7) is 12.6. The number of hydrogen-bond donors (Lipinski definition) is 3. The second-order valence-corrected chi connectivity index (χ2v) is 11.5. The Bertz CT molecular complexity index is 980. The van der Waals surface area contributed by atoms with Crippen molar-refractivity contribution >= 4 is 18.2 Å². The van der Waals surface area contributed by atoms with Gasteiger partial charge in [-0.3, -0.25) is 24.5 Å². The number of rotatable bonds is 13. The summed E-state index contributed by atoms with van der Waals surface area (Å²) < 4.78 is 46.9. The van der Waals surface area contributed by atoms with Gasteiger partial charge in [-0.15, -0.1) is 13.2 Å². The van der Waals surface area contributed by atoms with E-state index in [1.807, 2.05) is 20.8 Å². The van der Waals surface area contributed by atoms with Crippen LogP contribution in [0, 0.1) is 10.8 Å². The van der Waals surface area contributed by atoms with E-state index in [-0.39, 0.29) is 24.2 Å². The van der Waals surface area contributed by atoms with Crippen molar-refractivity contribution in [1.82, 2.24) is 20.6 Å². The van der Waals surface area contributed by atoms with Gasteiger partial charge in [-0.1, -0.05) is 32.9 Å². The van der Waals surface area contributed by atoms with Crippen molar-refractivity contribution in [2.45, 2.75) is 65.9 Å². The van der Waals surface area contributed by atoms with Gasteiger partial charge in [-0.25, -0.2) is 5.06 Å². The van der Waals surface area contributed by atoms with Gasteiger partial charge in [0, 0.05) is 26.2 Å². The van der Waals surface area contributed by atoms with Crippen LogP contribution < -0.4 is 15.4 Å². The van der Waals surface area contributed by atoms with Crippen LogP contribution in [0.5, 0.6) is 5.75 Å². The summed E-state index contributed by atoms with van der Waals surface area (Å²) in [5, 5.41) is 16.2. The third kappa shape index (κ3) is 10.6. The molecule has 13 heteroatoms. The van der Waals surface area contributed by atoms with E-state index < -0.39 is 35.5 Å². The molecule has 3 amide bonds. The van der Waals surface area contributed by atoms with E-state index in [4.69, 9.17) is 4.74 Å². The summed E-state index contributed by atoms with van der Waals surface area (Å²) in [6, 6.07) is 3.02. The first-order valence-electron chi connectivity index (χ1n) is 13.2. The Balaban J connectivity index is 2.22. The number of morpholine rings is 1. The average molecular weight is 575 g/mol. The molecule has 1 aliphatic rings. The van der Waals surface area contributed by atoms with Gasteiger partial charge in [0.05, 0.1) is 24.7 Å². The van der Waals surface area contributed by atoms with Crippen LogP contribution in [0.1, 0.15) is 46.6 Å². The van der Waals surface area contributed by atoms with E-state index >= 15 is 0 Å². The molecule has 0 bridgehead atoms. The smallest absolute Gasteiger partial charge is 0.406 e. The van der Waals surface area contributed by atoms with Crippen LogP contribution in [0.25, 0.3) is 0 Å². The minimum Gasteiger partial charge on any atom is -0.406 e. The molecule has 2 rings (SSSR count). The molecular formula is C27H41F3N4O6. The molecule has 0 aliphatic carbocycles. The van der Waals surface area contributed by atoms with E-state index in [1.165, 1.54) is 26.0 Å². The number of nitrogens with zero attached hydrogens (tertiary/aromatic N) is 2. The zero-order valence-corrected chi connectivity index (χ0v) is 23.7. The molecule has 1 fully saturated rings. The van der Waals surface area contributed by atoms with Crippen LogP contribution in [-0.4, -0.2) is 91.2 Å². The normalized spacial score (nSPS) is 17.7. The number of hydroxylamine groups is 2. The van der Waals surface area contributed by atoms with Gasteiger partial charge in [0.15, 0.2) is 0 Å². The largest absolute Gasteiger partial charge is 0.573 e. The van der Waals surface area contributed by atoms with Gasteiger partial charge in [-0.2, -0.15) is 0 Å². The Kier molecular flexibility index (Phi) is 11.8. The van der Waals surface area contributed by atoms with Crippen LogP contribution in [0.3, 0.4) is 0 Å². The lowest BCUT2D eigenvalue weighted by Crippen LogP contribution is -2.58. The number of ether oxygens (including phenoxy) is 2. The van der Waals surface area contributed by atoms with Gasteiger partial charge in [0.25, 0.3) is 0 Å². The van der Waals surface area contributed by atoms with Crippen LogP contribution in [0.15, 0.2) is 24.3 Å². The zero-order valence-electron chi connectivity index (χ0n) is 23.7. The van der Waals surface area contributed by atoms with E-state index in [9.17, 15) is 32.8 Å². The molecule has 1 aliphatic heterocycles. The highest BCUT2D eigenvalue weighted by Gasteiger charge is 2.44. The quantitative estimate of drug-likeness (QED) is 0.188. The van der Waals surface area contributed by atoms with Crippen LogP contribution in [0.2, 0.25) is 0 Å². The summed E-state index contributed by atoms with van der Waals surface area (Å²) in [4.78, 5) is 40.5. The van der Waals surface area contributed by atoms with E-state index in [0.29, 0.717) is 43.4 Å². The molecule has 1 aromatic carbocycles. The highest BCUT2D eigenvalue weighted by atomic mass is 19.4. The third-order valence-electron chi connectivity index (χ3n) is 6.94. The topological polar surface area (TPSA) is 120 Å².